The lowest BCUT2D eigenvalue weighted by Crippen LogP contribution is -2.56. The summed E-state index contributed by atoms with van der Waals surface area (Å²) in [5.41, 5.74) is 1.54. The molecule has 5 amide bonds. The van der Waals surface area contributed by atoms with E-state index in [0.717, 1.165) is 36.0 Å². The van der Waals surface area contributed by atoms with Gasteiger partial charge in [-0.05, 0) is 69.4 Å². The van der Waals surface area contributed by atoms with Gasteiger partial charge in [-0.1, -0.05) is 74.5 Å². The molecule has 2 aromatic rings. The number of benzene rings is 2. The smallest absolute Gasteiger partial charge is 0.243 e. The minimum absolute atomic E-state index is 0.0642. The maximum Gasteiger partial charge on any atom is 0.243 e. The lowest BCUT2D eigenvalue weighted by Gasteiger charge is -2.25. The molecule has 0 saturated heterocycles. The molecule has 0 aromatic heterocycles. The van der Waals surface area contributed by atoms with Gasteiger partial charge in [-0.2, -0.15) is 0 Å². The van der Waals surface area contributed by atoms with Crippen molar-refractivity contribution in [1.29, 1.82) is 5.41 Å². The SMILES string of the molecule is CC(C)NCCCOCCOCCOCCCNC(=O)CNC(=O)C(Cc1ccccc1)NC(=O)[C@H](CCC(=O)C=N)NC(=O)[C@H](Cc1ccccc1)SNC(=O)CN(C)C. The molecule has 0 fully saturated rings. The fourth-order valence-electron chi connectivity index (χ4n) is 5.56. The van der Waals surface area contributed by atoms with Crippen LogP contribution < -0.4 is 31.3 Å². The molecule has 2 rings (SSSR count). The van der Waals surface area contributed by atoms with Gasteiger partial charge in [-0.15, -0.1) is 0 Å². The predicted molar refractivity (Wildman–Crippen MR) is 236 cm³/mol. The summed E-state index contributed by atoms with van der Waals surface area (Å²) in [6.45, 7) is 8.11. The maximum absolute atomic E-state index is 13.9. The standard InChI is InChI=1S/C43H66N8O9S/c1-32(2)45-19-11-21-58-23-25-60-26-24-59-22-12-20-46-39(53)30-47-41(55)37(27-33-13-7-5-8-14-33)49-42(56)36(18-17-35(52)29-44)48-43(57)38(28-34-15-9-6-10-16-34)61-50-40(54)31-51(3)4/h5-10,13-16,29,32,36-38,44-45H,11-12,17-28,30-31H2,1-4H3,(H,46,53)(H,47,55)(H,48,57)(H,49,56)(H,50,54)/t36-,37?,38-/m0/s1. The van der Waals surface area contributed by atoms with Crippen LogP contribution in [0.25, 0.3) is 0 Å². The summed E-state index contributed by atoms with van der Waals surface area (Å²) < 4.78 is 19.3. The molecule has 61 heavy (non-hydrogen) atoms. The van der Waals surface area contributed by atoms with Crippen molar-refractivity contribution in [2.45, 2.75) is 75.7 Å². The molecule has 2 aromatic carbocycles. The highest BCUT2D eigenvalue weighted by molar-refractivity contribution is 7.99. The Balaban J connectivity index is 1.95. The second-order valence-corrected chi connectivity index (χ2v) is 15.8. The summed E-state index contributed by atoms with van der Waals surface area (Å²) in [5, 5.41) is 20.6. The van der Waals surface area contributed by atoms with Crippen LogP contribution in [0.2, 0.25) is 0 Å². The topological polar surface area (TPSA) is 229 Å². The number of amides is 5. The van der Waals surface area contributed by atoms with Crippen LogP contribution in [0, 0.1) is 5.41 Å². The molecule has 3 atom stereocenters. The average molecular weight is 871 g/mol. The molecule has 0 radical (unpaired) electrons. The number of nitrogens with one attached hydrogen (secondary N) is 7. The largest absolute Gasteiger partial charge is 0.379 e. The Morgan fingerprint density at radius 2 is 1.25 bits per heavy atom. The predicted octanol–water partition coefficient (Wildman–Crippen LogP) is 1.20. The zero-order valence-electron chi connectivity index (χ0n) is 36.0. The molecule has 0 aliphatic carbocycles. The molecule has 0 heterocycles. The van der Waals surface area contributed by atoms with E-state index < -0.39 is 46.7 Å². The van der Waals surface area contributed by atoms with E-state index in [9.17, 15) is 28.8 Å². The molecule has 1 unspecified atom stereocenters. The van der Waals surface area contributed by atoms with Gasteiger partial charge in [0, 0.05) is 38.6 Å². The molecule has 18 heteroatoms. The second-order valence-electron chi connectivity index (χ2n) is 14.7. The molecule has 338 valence electrons. The number of ketones is 1. The molecule has 7 N–H and O–H groups in total. The molecule has 0 aliphatic heterocycles. The van der Waals surface area contributed by atoms with Gasteiger partial charge >= 0.3 is 0 Å². The van der Waals surface area contributed by atoms with Crippen LogP contribution in [0.15, 0.2) is 60.7 Å². The monoisotopic (exact) mass is 870 g/mol. The number of likely N-dealkylation sites (N-methyl/N-ethyl adjacent to an activating group) is 1. The van der Waals surface area contributed by atoms with E-state index in [1.165, 1.54) is 0 Å². The number of nitrogens with zero attached hydrogens (tertiary/aromatic N) is 1. The molecule has 0 bridgehead atoms. The highest BCUT2D eigenvalue weighted by Gasteiger charge is 2.30. The normalized spacial score (nSPS) is 12.6. The van der Waals surface area contributed by atoms with Crippen LogP contribution in [0.4, 0.5) is 0 Å². The van der Waals surface area contributed by atoms with E-state index in [1.54, 1.807) is 43.3 Å². The zero-order valence-corrected chi connectivity index (χ0v) is 36.8. The number of carbonyl (C=O) groups excluding carboxylic acids is 6. The van der Waals surface area contributed by atoms with Crippen LogP contribution in [0.3, 0.4) is 0 Å². The molecule has 0 saturated carbocycles. The van der Waals surface area contributed by atoms with Crippen molar-refractivity contribution >= 4 is 53.5 Å². The Bertz CT molecular complexity index is 1600. The second kappa shape index (κ2) is 32.1. The van der Waals surface area contributed by atoms with E-state index in [4.69, 9.17) is 19.6 Å². The lowest BCUT2D eigenvalue weighted by molar-refractivity contribution is -0.133. The highest BCUT2D eigenvalue weighted by Crippen LogP contribution is 2.16. The first-order valence-electron chi connectivity index (χ1n) is 20.7. The van der Waals surface area contributed by atoms with Gasteiger partial charge in [0.1, 0.15) is 17.3 Å². The Morgan fingerprint density at radius 1 is 0.689 bits per heavy atom. The molecule has 17 nitrogen and oxygen atoms in total. The Labute approximate surface area is 364 Å². The van der Waals surface area contributed by atoms with E-state index in [-0.39, 0.29) is 44.7 Å². The first-order chi connectivity index (χ1) is 29.4. The molecule has 0 aliphatic rings. The summed E-state index contributed by atoms with van der Waals surface area (Å²) in [4.78, 5) is 80.2. The van der Waals surface area contributed by atoms with E-state index >= 15 is 0 Å². The third kappa shape index (κ3) is 25.6. The fraction of sp³-hybridized carbons (Fsp3) is 0.558. The lowest BCUT2D eigenvalue weighted by atomic mass is 10.0. The minimum Gasteiger partial charge on any atom is -0.379 e. The number of Topliss-reactive ketones (excluding diaryl/α,β-unsaturated/α-hetero) is 1. The maximum atomic E-state index is 13.9. The third-order valence-corrected chi connectivity index (χ3v) is 9.70. The molecular weight excluding hydrogens is 805 g/mol. The number of hydrogen-bond donors (Lipinski definition) is 7. The van der Waals surface area contributed by atoms with E-state index in [1.807, 2.05) is 36.4 Å². The van der Waals surface area contributed by atoms with Crippen molar-refractivity contribution < 1.29 is 43.0 Å². The van der Waals surface area contributed by atoms with Gasteiger partial charge < -0.3 is 51.1 Å². The summed E-state index contributed by atoms with van der Waals surface area (Å²) in [6, 6.07) is 16.1. The number of ether oxygens (including phenoxy) is 3. The van der Waals surface area contributed by atoms with Gasteiger partial charge in [0.15, 0.2) is 5.78 Å². The third-order valence-electron chi connectivity index (χ3n) is 8.69. The quantitative estimate of drug-likeness (QED) is 0.0299. The zero-order chi connectivity index (χ0) is 44.7. The Hall–Kier alpha value is -4.72. The van der Waals surface area contributed by atoms with Crippen LogP contribution in [0.1, 0.15) is 50.7 Å². The van der Waals surface area contributed by atoms with Crippen LogP contribution in [0.5, 0.6) is 0 Å². The summed E-state index contributed by atoms with van der Waals surface area (Å²) in [6.07, 6.45) is 2.02. The highest BCUT2D eigenvalue weighted by atomic mass is 32.2. The van der Waals surface area contributed by atoms with Crippen LogP contribution >= 0.6 is 11.9 Å². The average Bonchev–Trinajstić information content (AvgIpc) is 3.24. The van der Waals surface area contributed by atoms with Crippen molar-refractivity contribution in [1.82, 2.24) is 36.2 Å². The number of hydrogen-bond acceptors (Lipinski definition) is 13. The summed E-state index contributed by atoms with van der Waals surface area (Å²) in [5.74, 6) is -3.26. The van der Waals surface area contributed by atoms with Crippen molar-refractivity contribution in [2.75, 3.05) is 79.9 Å². The fourth-order valence-corrected chi connectivity index (χ4v) is 6.35. The van der Waals surface area contributed by atoms with E-state index in [0.29, 0.717) is 64.9 Å². The first kappa shape index (κ1) is 52.4. The van der Waals surface area contributed by atoms with Gasteiger partial charge in [-0.3, -0.25) is 33.5 Å². The van der Waals surface area contributed by atoms with Gasteiger partial charge in [0.05, 0.1) is 45.7 Å². The van der Waals surface area contributed by atoms with Gasteiger partial charge in [-0.25, -0.2) is 0 Å². The van der Waals surface area contributed by atoms with Crippen molar-refractivity contribution in [3.63, 3.8) is 0 Å². The molecule has 0 spiro atoms. The first-order valence-corrected chi connectivity index (χ1v) is 21.6. The summed E-state index contributed by atoms with van der Waals surface area (Å²) >= 11 is 0.911. The Morgan fingerprint density at radius 3 is 1.82 bits per heavy atom. The minimum atomic E-state index is -1.28. The van der Waals surface area contributed by atoms with Crippen molar-refractivity contribution in [3.05, 3.63) is 71.8 Å². The number of rotatable bonds is 34. The number of carbonyl (C=O) groups is 6. The van der Waals surface area contributed by atoms with Crippen molar-refractivity contribution in [3.8, 4) is 0 Å². The Kier molecular flexibility index (Phi) is 27.5. The van der Waals surface area contributed by atoms with Gasteiger partial charge in [0.25, 0.3) is 0 Å². The van der Waals surface area contributed by atoms with Gasteiger partial charge in [0.2, 0.25) is 29.5 Å². The van der Waals surface area contributed by atoms with Crippen LogP contribution in [-0.4, -0.2) is 150 Å². The van der Waals surface area contributed by atoms with Crippen molar-refractivity contribution in [2.24, 2.45) is 0 Å². The molecular formula is C43H66N8O9S. The van der Waals surface area contributed by atoms with Crippen LogP contribution in [-0.2, 0) is 55.8 Å². The summed E-state index contributed by atoms with van der Waals surface area (Å²) in [7, 11) is 3.48. The van der Waals surface area contributed by atoms with E-state index in [2.05, 4.69) is 45.2 Å².